The Bertz CT molecular complexity index is 341. The molecule has 1 aromatic carbocycles. The summed E-state index contributed by atoms with van der Waals surface area (Å²) in [5, 5.41) is 13.2. The van der Waals surface area contributed by atoms with Crippen LogP contribution in [-0.2, 0) is 12.8 Å². The van der Waals surface area contributed by atoms with Crippen molar-refractivity contribution >= 4 is 17.0 Å². The van der Waals surface area contributed by atoms with Gasteiger partial charge >= 0.3 is 0 Å². The minimum atomic E-state index is 0. The zero-order valence-corrected chi connectivity index (χ0v) is 11.4. The molecule has 2 rings (SSSR count). The van der Waals surface area contributed by atoms with Crippen molar-refractivity contribution in [2.75, 3.05) is 6.54 Å². The Morgan fingerprint density at radius 3 is 3.00 bits per heavy atom. The maximum atomic E-state index is 9.70. The van der Waals surface area contributed by atoms with Crippen LogP contribution in [0.3, 0.4) is 0 Å². The van der Waals surface area contributed by atoms with Gasteiger partial charge < -0.3 is 10.4 Å². The van der Waals surface area contributed by atoms with Gasteiger partial charge in [0.15, 0.2) is 0 Å². The molecule has 16 heavy (non-hydrogen) atoms. The highest BCUT2D eigenvalue weighted by Gasteiger charge is 2.19. The maximum Gasteiger partial charge on any atom is 0.119 e. The van der Waals surface area contributed by atoms with Crippen LogP contribution < -0.4 is 5.32 Å². The number of fused-ring (bicyclic) bond motifs is 1. The highest BCUT2D eigenvalue weighted by atomic mass is 79.9. The Morgan fingerprint density at radius 1 is 1.44 bits per heavy atom. The number of phenolic OH excluding ortho intramolecular Hbond substituents is 1. The third kappa shape index (κ3) is 2.98. The van der Waals surface area contributed by atoms with Crippen molar-refractivity contribution in [2.24, 2.45) is 0 Å². The predicted octanol–water partition coefficient (Wildman–Crippen LogP) is 2.83. The first-order chi connectivity index (χ1) is 7.31. The van der Waals surface area contributed by atoms with Crippen LogP contribution in [0.25, 0.3) is 0 Å². The number of aromatic hydroxyl groups is 1. The topological polar surface area (TPSA) is 32.3 Å². The molecule has 0 radical (unpaired) electrons. The molecule has 2 N–H and O–H groups in total. The quantitative estimate of drug-likeness (QED) is 0.895. The van der Waals surface area contributed by atoms with Crippen LogP contribution >= 0.6 is 17.0 Å². The van der Waals surface area contributed by atoms with Crippen molar-refractivity contribution in [3.63, 3.8) is 0 Å². The van der Waals surface area contributed by atoms with E-state index in [2.05, 4.69) is 18.3 Å². The van der Waals surface area contributed by atoms with Gasteiger partial charge in [-0.05, 0) is 49.4 Å². The molecule has 1 atom stereocenters. The molecule has 1 aliphatic carbocycles. The smallest absolute Gasteiger partial charge is 0.119 e. The number of hydrogen-bond acceptors (Lipinski definition) is 2. The monoisotopic (exact) mass is 285 g/mol. The SMILES string of the molecule is Br.CCCN[C@@H]1CCc2c(O)cccc2C1. The molecule has 0 saturated heterocycles. The fourth-order valence-electron chi connectivity index (χ4n) is 2.31. The predicted molar refractivity (Wildman–Crippen MR) is 72.5 cm³/mol. The van der Waals surface area contributed by atoms with Gasteiger partial charge in [-0.1, -0.05) is 19.1 Å². The van der Waals surface area contributed by atoms with Crippen molar-refractivity contribution in [1.29, 1.82) is 0 Å². The number of phenols is 1. The van der Waals surface area contributed by atoms with E-state index in [0.29, 0.717) is 11.8 Å². The van der Waals surface area contributed by atoms with Crippen molar-refractivity contribution in [2.45, 2.75) is 38.6 Å². The van der Waals surface area contributed by atoms with Gasteiger partial charge in [-0.3, -0.25) is 0 Å². The van der Waals surface area contributed by atoms with Crippen LogP contribution in [0.15, 0.2) is 18.2 Å². The van der Waals surface area contributed by atoms with E-state index in [4.69, 9.17) is 0 Å². The maximum absolute atomic E-state index is 9.70. The third-order valence-corrected chi connectivity index (χ3v) is 3.14. The lowest BCUT2D eigenvalue weighted by molar-refractivity contribution is 0.432. The number of benzene rings is 1. The van der Waals surface area contributed by atoms with Crippen LogP contribution in [0.5, 0.6) is 5.75 Å². The van der Waals surface area contributed by atoms with E-state index >= 15 is 0 Å². The molecule has 0 amide bonds. The molecule has 0 spiro atoms. The van der Waals surface area contributed by atoms with Crippen molar-refractivity contribution in [3.05, 3.63) is 29.3 Å². The first kappa shape index (κ1) is 13.5. The summed E-state index contributed by atoms with van der Waals surface area (Å²) in [6.45, 7) is 3.29. The van der Waals surface area contributed by atoms with E-state index in [1.807, 2.05) is 6.07 Å². The summed E-state index contributed by atoms with van der Waals surface area (Å²) in [6, 6.07) is 6.46. The van der Waals surface area contributed by atoms with Gasteiger partial charge in [0.1, 0.15) is 5.75 Å². The lowest BCUT2D eigenvalue weighted by Gasteiger charge is -2.25. The van der Waals surface area contributed by atoms with E-state index in [9.17, 15) is 5.11 Å². The van der Waals surface area contributed by atoms with Gasteiger partial charge in [-0.2, -0.15) is 0 Å². The molecule has 0 unspecified atom stereocenters. The Morgan fingerprint density at radius 2 is 2.25 bits per heavy atom. The Balaban J connectivity index is 0.00000128. The molecule has 0 aliphatic heterocycles. The van der Waals surface area contributed by atoms with Gasteiger partial charge in [-0.25, -0.2) is 0 Å². The van der Waals surface area contributed by atoms with Gasteiger partial charge in [0.2, 0.25) is 0 Å². The van der Waals surface area contributed by atoms with Crippen molar-refractivity contribution < 1.29 is 5.11 Å². The molecule has 0 aromatic heterocycles. The van der Waals surface area contributed by atoms with Gasteiger partial charge in [0.05, 0.1) is 0 Å². The summed E-state index contributed by atoms with van der Waals surface area (Å²) in [5.74, 6) is 0.474. The highest BCUT2D eigenvalue weighted by molar-refractivity contribution is 8.93. The molecule has 2 nitrogen and oxygen atoms in total. The Kier molecular flexibility index (Phi) is 5.29. The first-order valence-electron chi connectivity index (χ1n) is 5.84. The van der Waals surface area contributed by atoms with E-state index in [-0.39, 0.29) is 17.0 Å². The molecule has 1 aliphatic rings. The summed E-state index contributed by atoms with van der Waals surface area (Å²) in [6.07, 6.45) is 4.39. The number of rotatable bonds is 3. The molecular weight excluding hydrogens is 266 g/mol. The van der Waals surface area contributed by atoms with Crippen LogP contribution in [0, 0.1) is 0 Å². The largest absolute Gasteiger partial charge is 0.508 e. The second kappa shape index (κ2) is 6.26. The van der Waals surface area contributed by atoms with Crippen LogP contribution in [0.2, 0.25) is 0 Å². The summed E-state index contributed by atoms with van der Waals surface area (Å²) in [5.41, 5.74) is 2.47. The van der Waals surface area contributed by atoms with Crippen LogP contribution in [-0.4, -0.2) is 17.7 Å². The van der Waals surface area contributed by atoms with Crippen LogP contribution in [0.4, 0.5) is 0 Å². The molecule has 90 valence electrons. The molecule has 0 fully saturated rings. The standard InChI is InChI=1S/C13H19NO.BrH/c1-2-8-14-11-6-7-12-10(9-11)4-3-5-13(12)15;/h3-5,11,14-15H,2,6-9H2,1H3;1H/t11-;/m1./s1. The van der Waals surface area contributed by atoms with Crippen molar-refractivity contribution in [3.8, 4) is 5.75 Å². The summed E-state index contributed by atoms with van der Waals surface area (Å²) >= 11 is 0. The van der Waals surface area contributed by atoms with Gasteiger partial charge in [0.25, 0.3) is 0 Å². The Labute approximate surface area is 108 Å². The highest BCUT2D eigenvalue weighted by Crippen LogP contribution is 2.28. The third-order valence-electron chi connectivity index (χ3n) is 3.14. The van der Waals surface area contributed by atoms with E-state index in [0.717, 1.165) is 31.4 Å². The summed E-state index contributed by atoms with van der Waals surface area (Å²) < 4.78 is 0. The summed E-state index contributed by atoms with van der Waals surface area (Å²) in [4.78, 5) is 0. The fourth-order valence-corrected chi connectivity index (χ4v) is 2.31. The van der Waals surface area contributed by atoms with Crippen molar-refractivity contribution in [1.82, 2.24) is 5.32 Å². The molecular formula is C13H20BrNO. The lowest BCUT2D eigenvalue weighted by atomic mass is 9.87. The molecule has 0 saturated carbocycles. The normalized spacial score (nSPS) is 18.7. The number of nitrogens with one attached hydrogen (secondary N) is 1. The number of hydrogen-bond donors (Lipinski definition) is 2. The Hall–Kier alpha value is -0.540. The average Bonchev–Trinajstić information content (AvgIpc) is 2.26. The second-order valence-corrected chi connectivity index (χ2v) is 4.31. The zero-order valence-electron chi connectivity index (χ0n) is 9.70. The number of halogens is 1. The zero-order chi connectivity index (χ0) is 10.7. The minimum Gasteiger partial charge on any atom is -0.508 e. The van der Waals surface area contributed by atoms with E-state index in [1.165, 1.54) is 12.0 Å². The van der Waals surface area contributed by atoms with E-state index in [1.54, 1.807) is 6.07 Å². The second-order valence-electron chi connectivity index (χ2n) is 4.31. The molecule has 0 heterocycles. The fraction of sp³-hybridized carbons (Fsp3) is 0.538. The first-order valence-corrected chi connectivity index (χ1v) is 5.84. The molecule has 0 bridgehead atoms. The van der Waals surface area contributed by atoms with Crippen LogP contribution in [0.1, 0.15) is 30.9 Å². The average molecular weight is 286 g/mol. The molecule has 1 aromatic rings. The van der Waals surface area contributed by atoms with E-state index < -0.39 is 0 Å². The van der Waals surface area contributed by atoms with Gasteiger partial charge in [-0.15, -0.1) is 17.0 Å². The lowest BCUT2D eigenvalue weighted by Crippen LogP contribution is -2.34. The minimum absolute atomic E-state index is 0. The van der Waals surface area contributed by atoms with Gasteiger partial charge in [0, 0.05) is 6.04 Å². The summed E-state index contributed by atoms with van der Waals surface area (Å²) in [7, 11) is 0. The molecule has 3 heteroatoms.